The lowest BCUT2D eigenvalue weighted by Gasteiger charge is -2.05. The molecule has 15 heavy (non-hydrogen) atoms. The van der Waals surface area contributed by atoms with Gasteiger partial charge in [-0.25, -0.2) is 4.79 Å². The summed E-state index contributed by atoms with van der Waals surface area (Å²) in [5.41, 5.74) is 0.180. The monoisotopic (exact) mass is 212 g/mol. The zero-order valence-corrected chi connectivity index (χ0v) is 9.03. The second-order valence-corrected chi connectivity index (χ2v) is 3.80. The van der Waals surface area contributed by atoms with E-state index < -0.39 is 5.97 Å². The summed E-state index contributed by atoms with van der Waals surface area (Å²) in [5.74, 6) is -0.0157. The molecule has 84 valence electrons. The average Bonchev–Trinajstić information content (AvgIpc) is 2.60. The molecule has 0 saturated heterocycles. The van der Waals surface area contributed by atoms with Crippen molar-refractivity contribution in [2.45, 2.75) is 26.9 Å². The first-order valence-corrected chi connectivity index (χ1v) is 4.98. The summed E-state index contributed by atoms with van der Waals surface area (Å²) in [6, 6.07) is 1.43. The number of furan rings is 1. The van der Waals surface area contributed by atoms with E-state index in [4.69, 9.17) is 14.3 Å². The summed E-state index contributed by atoms with van der Waals surface area (Å²) >= 11 is 0. The van der Waals surface area contributed by atoms with Crippen molar-refractivity contribution in [1.29, 1.82) is 0 Å². The third-order valence-electron chi connectivity index (χ3n) is 2.05. The molecule has 0 aliphatic heterocycles. The predicted molar refractivity (Wildman–Crippen MR) is 54.8 cm³/mol. The van der Waals surface area contributed by atoms with Gasteiger partial charge < -0.3 is 14.3 Å². The van der Waals surface area contributed by atoms with Crippen LogP contribution < -0.4 is 0 Å². The first kappa shape index (κ1) is 11.8. The Morgan fingerprint density at radius 1 is 1.60 bits per heavy atom. The van der Waals surface area contributed by atoms with Gasteiger partial charge in [-0.2, -0.15) is 0 Å². The maximum atomic E-state index is 10.7. The Kier molecular flexibility index (Phi) is 4.37. The highest BCUT2D eigenvalue weighted by molar-refractivity contribution is 5.88. The zero-order chi connectivity index (χ0) is 11.3. The van der Waals surface area contributed by atoms with E-state index in [9.17, 15) is 4.79 Å². The Balaban J connectivity index is 2.37. The summed E-state index contributed by atoms with van der Waals surface area (Å²) in [4.78, 5) is 10.7. The van der Waals surface area contributed by atoms with E-state index >= 15 is 0 Å². The van der Waals surface area contributed by atoms with Crippen LogP contribution in [-0.4, -0.2) is 17.7 Å². The molecule has 0 aromatic carbocycles. The molecule has 0 aliphatic rings. The minimum absolute atomic E-state index is 0.180. The van der Waals surface area contributed by atoms with E-state index in [1.165, 1.54) is 12.3 Å². The lowest BCUT2D eigenvalue weighted by atomic mass is 10.1. The molecule has 0 saturated carbocycles. The van der Waals surface area contributed by atoms with Crippen molar-refractivity contribution in [3.8, 4) is 0 Å². The maximum absolute atomic E-state index is 10.7. The molecule has 0 radical (unpaired) electrons. The first-order chi connectivity index (χ1) is 7.11. The number of hydrogen-bond donors (Lipinski definition) is 1. The highest BCUT2D eigenvalue weighted by Gasteiger charge is 2.12. The number of carbonyl (C=O) groups is 1. The SMILES string of the molecule is CC(C)CCOCc1occc1C(=O)O. The molecule has 4 nitrogen and oxygen atoms in total. The lowest BCUT2D eigenvalue weighted by molar-refractivity contribution is 0.0674. The topological polar surface area (TPSA) is 59.7 Å². The fourth-order valence-electron chi connectivity index (χ4n) is 1.13. The van der Waals surface area contributed by atoms with Crippen molar-refractivity contribution in [2.24, 2.45) is 5.92 Å². The van der Waals surface area contributed by atoms with Crippen LogP contribution in [0.4, 0.5) is 0 Å². The van der Waals surface area contributed by atoms with E-state index in [2.05, 4.69) is 13.8 Å². The van der Waals surface area contributed by atoms with Gasteiger partial charge in [-0.3, -0.25) is 0 Å². The molecule has 0 amide bonds. The van der Waals surface area contributed by atoms with E-state index in [1.807, 2.05) is 0 Å². The van der Waals surface area contributed by atoms with E-state index in [-0.39, 0.29) is 12.2 Å². The van der Waals surface area contributed by atoms with Crippen LogP contribution in [0.5, 0.6) is 0 Å². The fourth-order valence-corrected chi connectivity index (χ4v) is 1.13. The quantitative estimate of drug-likeness (QED) is 0.736. The van der Waals surface area contributed by atoms with Gasteiger partial charge in [-0.05, 0) is 18.4 Å². The Labute approximate surface area is 88.8 Å². The predicted octanol–water partition coefficient (Wildman–Crippen LogP) is 2.54. The van der Waals surface area contributed by atoms with Crippen molar-refractivity contribution in [3.05, 3.63) is 23.7 Å². The van der Waals surface area contributed by atoms with E-state index in [1.54, 1.807) is 0 Å². The summed E-state index contributed by atoms with van der Waals surface area (Å²) in [6.07, 6.45) is 2.33. The van der Waals surface area contributed by atoms with Gasteiger partial charge in [0.1, 0.15) is 17.9 Å². The van der Waals surface area contributed by atoms with Crippen LogP contribution >= 0.6 is 0 Å². The minimum atomic E-state index is -0.980. The Morgan fingerprint density at radius 3 is 2.93 bits per heavy atom. The zero-order valence-electron chi connectivity index (χ0n) is 9.03. The Bertz CT molecular complexity index is 314. The van der Waals surface area contributed by atoms with Gasteiger partial charge in [0.25, 0.3) is 0 Å². The Hall–Kier alpha value is -1.29. The standard InChI is InChI=1S/C11H16O4/c1-8(2)3-5-14-7-10-9(11(12)13)4-6-15-10/h4,6,8H,3,5,7H2,1-2H3,(H,12,13). The second kappa shape index (κ2) is 5.56. The largest absolute Gasteiger partial charge is 0.478 e. The molecular formula is C11H16O4. The molecule has 0 unspecified atom stereocenters. The third-order valence-corrected chi connectivity index (χ3v) is 2.05. The molecule has 1 rings (SSSR count). The van der Waals surface area contributed by atoms with Crippen molar-refractivity contribution in [2.75, 3.05) is 6.61 Å². The van der Waals surface area contributed by atoms with Gasteiger partial charge in [0.2, 0.25) is 0 Å². The molecule has 0 fully saturated rings. The van der Waals surface area contributed by atoms with Gasteiger partial charge in [0, 0.05) is 6.61 Å². The Morgan fingerprint density at radius 2 is 2.33 bits per heavy atom. The van der Waals surface area contributed by atoms with Crippen LogP contribution in [0.3, 0.4) is 0 Å². The summed E-state index contributed by atoms with van der Waals surface area (Å²) in [7, 11) is 0. The molecule has 4 heteroatoms. The van der Waals surface area contributed by atoms with Gasteiger partial charge in [0.15, 0.2) is 0 Å². The van der Waals surface area contributed by atoms with E-state index in [0.29, 0.717) is 18.3 Å². The van der Waals surface area contributed by atoms with Crippen molar-refractivity contribution in [3.63, 3.8) is 0 Å². The number of ether oxygens (including phenoxy) is 1. The second-order valence-electron chi connectivity index (χ2n) is 3.80. The smallest absolute Gasteiger partial charge is 0.339 e. The molecule has 0 bridgehead atoms. The highest BCUT2D eigenvalue weighted by Crippen LogP contribution is 2.12. The van der Waals surface area contributed by atoms with Crippen LogP contribution in [0.25, 0.3) is 0 Å². The van der Waals surface area contributed by atoms with Crippen LogP contribution in [0.15, 0.2) is 16.7 Å². The molecule has 1 heterocycles. The lowest BCUT2D eigenvalue weighted by Crippen LogP contribution is -2.03. The van der Waals surface area contributed by atoms with Crippen LogP contribution in [0.2, 0.25) is 0 Å². The number of rotatable bonds is 6. The van der Waals surface area contributed by atoms with Crippen molar-refractivity contribution < 1.29 is 19.1 Å². The minimum Gasteiger partial charge on any atom is -0.478 e. The molecule has 0 spiro atoms. The van der Waals surface area contributed by atoms with Crippen molar-refractivity contribution in [1.82, 2.24) is 0 Å². The van der Waals surface area contributed by atoms with Gasteiger partial charge >= 0.3 is 5.97 Å². The normalized spacial score (nSPS) is 10.9. The van der Waals surface area contributed by atoms with Gasteiger partial charge in [-0.1, -0.05) is 13.8 Å². The average molecular weight is 212 g/mol. The number of carboxylic acids is 1. The fraction of sp³-hybridized carbons (Fsp3) is 0.545. The maximum Gasteiger partial charge on any atom is 0.339 e. The first-order valence-electron chi connectivity index (χ1n) is 4.98. The third kappa shape index (κ3) is 3.75. The summed E-state index contributed by atoms with van der Waals surface area (Å²) in [6.45, 7) is 5.07. The van der Waals surface area contributed by atoms with Crippen LogP contribution in [0.1, 0.15) is 36.4 Å². The van der Waals surface area contributed by atoms with Gasteiger partial charge in [-0.15, -0.1) is 0 Å². The van der Waals surface area contributed by atoms with Crippen LogP contribution in [-0.2, 0) is 11.3 Å². The molecule has 1 N–H and O–H groups in total. The van der Waals surface area contributed by atoms with Crippen LogP contribution in [0, 0.1) is 5.92 Å². The summed E-state index contributed by atoms with van der Waals surface area (Å²) in [5, 5.41) is 8.78. The molecule has 0 atom stereocenters. The highest BCUT2D eigenvalue weighted by atomic mass is 16.5. The van der Waals surface area contributed by atoms with Crippen molar-refractivity contribution >= 4 is 5.97 Å². The molecule has 1 aromatic rings. The number of aromatic carboxylic acids is 1. The number of carboxylic acid groups (broad SMARTS) is 1. The number of hydrogen-bond acceptors (Lipinski definition) is 3. The van der Waals surface area contributed by atoms with Gasteiger partial charge in [0.05, 0.1) is 6.26 Å². The summed E-state index contributed by atoms with van der Waals surface area (Å²) < 4.78 is 10.3. The molecule has 1 aromatic heterocycles. The molecule has 0 aliphatic carbocycles. The van der Waals surface area contributed by atoms with E-state index in [0.717, 1.165) is 6.42 Å². The molecular weight excluding hydrogens is 196 g/mol.